The molecule has 0 atom stereocenters. The Labute approximate surface area is 114 Å². The molecule has 1 aromatic carbocycles. The van der Waals surface area contributed by atoms with Crippen molar-refractivity contribution in [2.75, 3.05) is 11.0 Å². The molecule has 19 heavy (non-hydrogen) atoms. The molecular formula is C14H21NO3S. The van der Waals surface area contributed by atoms with Crippen LogP contribution in [0, 0.1) is 5.92 Å². The van der Waals surface area contributed by atoms with Crippen LogP contribution in [0.1, 0.15) is 37.7 Å². The summed E-state index contributed by atoms with van der Waals surface area (Å²) in [5.74, 6) is 0.695. The van der Waals surface area contributed by atoms with E-state index in [2.05, 4.69) is 4.72 Å². The van der Waals surface area contributed by atoms with Crippen molar-refractivity contribution in [3.05, 3.63) is 23.8 Å². The van der Waals surface area contributed by atoms with E-state index in [4.69, 9.17) is 0 Å². The van der Waals surface area contributed by atoms with Gasteiger partial charge in [-0.25, -0.2) is 8.42 Å². The smallest absolute Gasteiger partial charge is 0.229 e. The van der Waals surface area contributed by atoms with E-state index in [1.807, 2.05) is 6.07 Å². The first-order chi connectivity index (χ1) is 8.94. The predicted octanol–water partition coefficient (Wildman–Crippen LogP) is 2.89. The summed E-state index contributed by atoms with van der Waals surface area (Å²) in [6, 6.07) is 5.19. The molecule has 1 aliphatic carbocycles. The van der Waals surface area contributed by atoms with Crippen molar-refractivity contribution in [3.8, 4) is 5.75 Å². The molecule has 1 aliphatic rings. The molecule has 0 saturated heterocycles. The third-order valence-electron chi connectivity index (χ3n) is 3.61. The molecule has 0 bridgehead atoms. The van der Waals surface area contributed by atoms with Gasteiger partial charge in [-0.2, -0.15) is 0 Å². The van der Waals surface area contributed by atoms with Crippen LogP contribution in [0.25, 0.3) is 0 Å². The molecule has 5 heteroatoms. The molecule has 0 radical (unpaired) electrons. The topological polar surface area (TPSA) is 66.4 Å². The summed E-state index contributed by atoms with van der Waals surface area (Å²) < 4.78 is 24.6. The van der Waals surface area contributed by atoms with E-state index in [1.54, 1.807) is 12.1 Å². The highest BCUT2D eigenvalue weighted by Gasteiger charge is 2.15. The molecule has 2 N–H and O–H groups in total. The van der Waals surface area contributed by atoms with Gasteiger partial charge in [0.1, 0.15) is 5.75 Å². The zero-order valence-corrected chi connectivity index (χ0v) is 12.0. The number of hydrogen-bond acceptors (Lipinski definition) is 3. The van der Waals surface area contributed by atoms with E-state index in [-0.39, 0.29) is 11.4 Å². The van der Waals surface area contributed by atoms with Gasteiger partial charge in [-0.3, -0.25) is 4.72 Å². The Morgan fingerprint density at radius 2 is 1.95 bits per heavy atom. The van der Waals surface area contributed by atoms with E-state index in [9.17, 15) is 13.5 Å². The van der Waals surface area contributed by atoms with Crippen molar-refractivity contribution in [2.45, 2.75) is 38.5 Å². The van der Waals surface area contributed by atoms with E-state index in [1.165, 1.54) is 32.1 Å². The Morgan fingerprint density at radius 3 is 2.53 bits per heavy atom. The lowest BCUT2D eigenvalue weighted by molar-refractivity contribution is 0.356. The molecule has 0 aromatic heterocycles. The van der Waals surface area contributed by atoms with Crippen LogP contribution in [0.4, 0.5) is 5.69 Å². The maximum atomic E-state index is 11.1. The van der Waals surface area contributed by atoms with Crippen molar-refractivity contribution in [1.29, 1.82) is 0 Å². The molecule has 4 nitrogen and oxygen atoms in total. The van der Waals surface area contributed by atoms with Crippen LogP contribution in [-0.4, -0.2) is 19.8 Å². The minimum Gasteiger partial charge on any atom is -0.506 e. The van der Waals surface area contributed by atoms with Gasteiger partial charge in [0.25, 0.3) is 0 Å². The lowest BCUT2D eigenvalue weighted by Gasteiger charge is -2.21. The number of rotatable bonds is 4. The molecule has 106 valence electrons. The van der Waals surface area contributed by atoms with Gasteiger partial charge in [-0.05, 0) is 30.0 Å². The quantitative estimate of drug-likeness (QED) is 0.835. The van der Waals surface area contributed by atoms with Crippen molar-refractivity contribution in [2.24, 2.45) is 5.92 Å². The third-order valence-corrected chi connectivity index (χ3v) is 4.20. The standard InChI is InChI=1S/C14H21NO3S/c1-19(17,18)15-13-8-7-12(10-14(13)16)9-11-5-3-2-4-6-11/h7-8,10-11,15-16H,2-6,9H2,1H3. The summed E-state index contributed by atoms with van der Waals surface area (Å²) in [7, 11) is -3.35. The van der Waals surface area contributed by atoms with Crippen molar-refractivity contribution < 1.29 is 13.5 Å². The van der Waals surface area contributed by atoms with Gasteiger partial charge >= 0.3 is 0 Å². The number of nitrogens with one attached hydrogen (secondary N) is 1. The maximum absolute atomic E-state index is 11.1. The van der Waals surface area contributed by atoms with Crippen LogP contribution in [0.5, 0.6) is 5.75 Å². The number of benzene rings is 1. The summed E-state index contributed by atoms with van der Waals surface area (Å²) in [5, 5.41) is 9.86. The summed E-state index contributed by atoms with van der Waals surface area (Å²) in [5.41, 5.74) is 1.32. The molecule has 1 saturated carbocycles. The zero-order valence-electron chi connectivity index (χ0n) is 11.2. The number of sulfonamides is 1. The highest BCUT2D eigenvalue weighted by molar-refractivity contribution is 7.92. The Balaban J connectivity index is 2.05. The SMILES string of the molecule is CS(=O)(=O)Nc1ccc(CC2CCCCC2)cc1O. The zero-order chi connectivity index (χ0) is 13.9. The van der Waals surface area contributed by atoms with E-state index in [0.717, 1.165) is 18.2 Å². The highest BCUT2D eigenvalue weighted by atomic mass is 32.2. The van der Waals surface area contributed by atoms with Gasteiger partial charge in [-0.1, -0.05) is 38.2 Å². The monoisotopic (exact) mass is 283 g/mol. The van der Waals surface area contributed by atoms with Crippen LogP contribution in [0.2, 0.25) is 0 Å². The summed E-state index contributed by atoms with van der Waals surface area (Å²) in [4.78, 5) is 0. The molecule has 2 rings (SSSR count). The van der Waals surface area contributed by atoms with Crippen LogP contribution < -0.4 is 4.72 Å². The summed E-state index contributed by atoms with van der Waals surface area (Å²) in [6.45, 7) is 0. The van der Waals surface area contributed by atoms with Gasteiger partial charge in [0.05, 0.1) is 11.9 Å². The number of anilines is 1. The van der Waals surface area contributed by atoms with Gasteiger partial charge in [-0.15, -0.1) is 0 Å². The maximum Gasteiger partial charge on any atom is 0.229 e. The molecular weight excluding hydrogens is 262 g/mol. The number of phenols is 1. The Kier molecular flexibility index (Phi) is 4.34. The van der Waals surface area contributed by atoms with Gasteiger partial charge in [0.2, 0.25) is 10.0 Å². The minimum absolute atomic E-state index is 0.00117. The minimum atomic E-state index is -3.35. The van der Waals surface area contributed by atoms with Crippen LogP contribution in [0.15, 0.2) is 18.2 Å². The fourth-order valence-electron chi connectivity index (χ4n) is 2.71. The van der Waals surface area contributed by atoms with Crippen LogP contribution >= 0.6 is 0 Å². The predicted molar refractivity (Wildman–Crippen MR) is 76.9 cm³/mol. The second-order valence-corrected chi connectivity index (χ2v) is 7.18. The first kappa shape index (κ1) is 14.2. The Morgan fingerprint density at radius 1 is 1.26 bits per heavy atom. The fourth-order valence-corrected chi connectivity index (χ4v) is 3.29. The molecule has 0 amide bonds. The lowest BCUT2D eigenvalue weighted by atomic mass is 9.85. The number of aromatic hydroxyl groups is 1. The first-order valence-electron chi connectivity index (χ1n) is 6.74. The van der Waals surface area contributed by atoms with E-state index >= 15 is 0 Å². The highest BCUT2D eigenvalue weighted by Crippen LogP contribution is 2.30. The van der Waals surface area contributed by atoms with Crippen LogP contribution in [-0.2, 0) is 16.4 Å². The molecule has 1 fully saturated rings. The average Bonchev–Trinajstić information content (AvgIpc) is 2.33. The third kappa shape index (κ3) is 4.42. The largest absolute Gasteiger partial charge is 0.506 e. The molecule has 0 spiro atoms. The molecule has 0 aliphatic heterocycles. The second kappa shape index (κ2) is 5.82. The Bertz CT molecular complexity index is 534. The Hall–Kier alpha value is -1.23. The van der Waals surface area contributed by atoms with Crippen molar-refractivity contribution in [3.63, 3.8) is 0 Å². The fraction of sp³-hybridized carbons (Fsp3) is 0.571. The van der Waals surface area contributed by atoms with Crippen molar-refractivity contribution >= 4 is 15.7 Å². The average molecular weight is 283 g/mol. The van der Waals surface area contributed by atoms with E-state index < -0.39 is 10.0 Å². The van der Waals surface area contributed by atoms with E-state index in [0.29, 0.717) is 5.92 Å². The van der Waals surface area contributed by atoms with Crippen molar-refractivity contribution in [1.82, 2.24) is 0 Å². The molecule has 0 heterocycles. The summed E-state index contributed by atoms with van der Waals surface area (Å²) in [6.07, 6.45) is 8.47. The van der Waals surface area contributed by atoms with Gasteiger partial charge in [0, 0.05) is 0 Å². The van der Waals surface area contributed by atoms with Gasteiger partial charge in [0.15, 0.2) is 0 Å². The number of hydrogen-bond donors (Lipinski definition) is 2. The van der Waals surface area contributed by atoms with Gasteiger partial charge < -0.3 is 5.11 Å². The number of phenolic OH excluding ortho intramolecular Hbond substituents is 1. The second-order valence-electron chi connectivity index (χ2n) is 5.43. The normalized spacial score (nSPS) is 17.3. The lowest BCUT2D eigenvalue weighted by Crippen LogP contribution is -2.11. The first-order valence-corrected chi connectivity index (χ1v) is 8.63. The van der Waals surface area contributed by atoms with Crippen LogP contribution in [0.3, 0.4) is 0 Å². The molecule has 0 unspecified atom stereocenters. The molecule has 1 aromatic rings. The summed E-state index contributed by atoms with van der Waals surface area (Å²) >= 11 is 0.